The van der Waals surface area contributed by atoms with Gasteiger partial charge >= 0.3 is 44.7 Å². The molecular weight excluding hydrogens is 103 g/mol. The van der Waals surface area contributed by atoms with Crippen molar-refractivity contribution in [3.8, 4) is 0 Å². The second kappa shape index (κ2) is 1.18. The van der Waals surface area contributed by atoms with Crippen molar-refractivity contribution in [2.45, 2.75) is 0 Å². The Morgan fingerprint density at radius 3 is 3.62 bits per heavy atom. The molecule has 4 nitrogen and oxygen atoms in total. The van der Waals surface area contributed by atoms with E-state index in [-0.39, 0.29) is 0 Å². The predicted molar refractivity (Wildman–Crippen MR) is 28.7 cm³/mol. The van der Waals surface area contributed by atoms with Crippen LogP contribution in [0.4, 0.5) is 0 Å². The average molecular weight is 106 g/mol. The Bertz CT molecular complexity index is 233. The zero-order valence-corrected chi connectivity index (χ0v) is 4.07. The molecule has 0 aliphatic heterocycles. The van der Waals surface area contributed by atoms with Gasteiger partial charge in [-0.3, -0.25) is 0 Å². The van der Waals surface area contributed by atoms with Crippen molar-refractivity contribution in [1.82, 2.24) is 19.9 Å². The van der Waals surface area contributed by atoms with Gasteiger partial charge in [0.1, 0.15) is 0 Å². The number of aromatic nitrogens is 4. The fourth-order valence-electron chi connectivity index (χ4n) is 0.650. The summed E-state index contributed by atoms with van der Waals surface area (Å²) in [5, 5.41) is 10.2. The van der Waals surface area contributed by atoms with Crippen LogP contribution in [0, 0.1) is 0 Å². The Morgan fingerprint density at radius 1 is 1.75 bits per heavy atom. The number of hydrogen-bond acceptors (Lipinski definition) is 2. The zero-order chi connectivity index (χ0) is 5.40. The fourth-order valence-corrected chi connectivity index (χ4v) is 0.650. The second-order valence-corrected chi connectivity index (χ2v) is 1.53. The third-order valence-corrected chi connectivity index (χ3v) is 1.03. The molecule has 8 heavy (non-hydrogen) atoms. The summed E-state index contributed by atoms with van der Waals surface area (Å²) in [5.74, 6) is 0. The molecular formula is C3H3BN4. The van der Waals surface area contributed by atoms with Gasteiger partial charge in [0.2, 0.25) is 0 Å². The first-order valence-electron chi connectivity index (χ1n) is 2.30. The van der Waals surface area contributed by atoms with Crippen molar-refractivity contribution in [3.05, 3.63) is 12.3 Å². The van der Waals surface area contributed by atoms with Crippen LogP contribution >= 0.6 is 0 Å². The first kappa shape index (κ1) is 3.83. The maximum absolute atomic E-state index is 3.69. The van der Waals surface area contributed by atoms with Gasteiger partial charge in [-0.05, 0) is 0 Å². The molecule has 0 aliphatic rings. The molecule has 0 radical (unpaired) electrons. The quantitative estimate of drug-likeness (QED) is 0.487. The summed E-state index contributed by atoms with van der Waals surface area (Å²) in [6.07, 6.45) is 1.81. The third-order valence-electron chi connectivity index (χ3n) is 1.03. The minimum atomic E-state index is 0.991. The van der Waals surface area contributed by atoms with Crippen LogP contribution in [0.15, 0.2) is 12.3 Å². The van der Waals surface area contributed by atoms with Gasteiger partial charge < -0.3 is 0 Å². The molecule has 2 heterocycles. The van der Waals surface area contributed by atoms with Crippen LogP contribution in [0.1, 0.15) is 0 Å². The molecule has 2 aromatic rings. The molecule has 0 saturated carbocycles. The number of nitrogens with zero attached hydrogens (tertiary/aromatic N) is 3. The van der Waals surface area contributed by atoms with Gasteiger partial charge in [-0.15, -0.1) is 0 Å². The van der Waals surface area contributed by atoms with Gasteiger partial charge in [0.25, 0.3) is 0 Å². The topological polar surface area (TPSA) is 46.0 Å². The number of H-pyrrole nitrogens is 1. The molecule has 0 amide bonds. The van der Waals surface area contributed by atoms with Gasteiger partial charge in [-0.25, -0.2) is 0 Å². The molecule has 0 spiro atoms. The average Bonchev–Trinajstić information content (AvgIpc) is 2.15. The summed E-state index contributed by atoms with van der Waals surface area (Å²) >= 11 is 0. The standard InChI is InChI=1S/C3H3BN4/c1-2-5-8-3(1)4-6-7-8/h1-2,5H. The monoisotopic (exact) mass is 106 g/mol. The van der Waals surface area contributed by atoms with Crippen LogP contribution in [0.2, 0.25) is 0 Å². The van der Waals surface area contributed by atoms with Gasteiger partial charge in [0.15, 0.2) is 0 Å². The first-order valence-corrected chi connectivity index (χ1v) is 2.30. The van der Waals surface area contributed by atoms with E-state index in [0.29, 0.717) is 0 Å². The van der Waals surface area contributed by atoms with Crippen molar-refractivity contribution in [2.24, 2.45) is 0 Å². The Hall–Kier alpha value is -1.13. The molecule has 2 rings (SSSR count). The molecule has 0 unspecified atom stereocenters. The molecule has 2 aromatic heterocycles. The van der Waals surface area contributed by atoms with Crippen LogP contribution in [-0.2, 0) is 0 Å². The first-order chi connectivity index (χ1) is 3.97. The van der Waals surface area contributed by atoms with E-state index < -0.39 is 0 Å². The van der Waals surface area contributed by atoms with E-state index in [1.807, 2.05) is 12.3 Å². The van der Waals surface area contributed by atoms with Crippen molar-refractivity contribution in [1.29, 1.82) is 0 Å². The molecule has 0 aromatic carbocycles. The van der Waals surface area contributed by atoms with Crippen molar-refractivity contribution >= 4 is 12.5 Å². The third kappa shape index (κ3) is 0.331. The van der Waals surface area contributed by atoms with Gasteiger partial charge in [0.05, 0.1) is 0 Å². The van der Waals surface area contributed by atoms with Crippen molar-refractivity contribution < 1.29 is 0 Å². The molecule has 0 bridgehead atoms. The van der Waals surface area contributed by atoms with Gasteiger partial charge in [-0.1, -0.05) is 0 Å². The SMILES string of the molecule is b1nnn2[nH]ccc12. The molecule has 0 saturated heterocycles. The normalized spacial score (nSPS) is 10.0. The molecule has 0 fully saturated rings. The van der Waals surface area contributed by atoms with Crippen LogP contribution < -0.4 is 0 Å². The van der Waals surface area contributed by atoms with Crippen molar-refractivity contribution in [3.63, 3.8) is 0 Å². The van der Waals surface area contributed by atoms with Crippen LogP contribution in [0.5, 0.6) is 0 Å². The molecule has 0 atom stereocenters. The number of hydrogen-bond donors (Lipinski definition) is 1. The van der Waals surface area contributed by atoms with Crippen LogP contribution in [-0.4, -0.2) is 27.0 Å². The van der Waals surface area contributed by atoms with E-state index in [4.69, 9.17) is 0 Å². The number of rotatable bonds is 0. The van der Waals surface area contributed by atoms with E-state index in [0.717, 1.165) is 5.41 Å². The maximum atomic E-state index is 3.69. The van der Waals surface area contributed by atoms with Crippen molar-refractivity contribution in [2.75, 3.05) is 0 Å². The molecule has 5 heteroatoms. The van der Waals surface area contributed by atoms with Gasteiger partial charge in [-0.2, -0.15) is 0 Å². The molecule has 38 valence electrons. The molecule has 0 aliphatic carbocycles. The van der Waals surface area contributed by atoms with Crippen LogP contribution in [0.25, 0.3) is 5.41 Å². The minimum absolute atomic E-state index is 0.991. The second-order valence-electron chi connectivity index (χ2n) is 1.53. The summed E-state index contributed by atoms with van der Waals surface area (Å²) < 4.78 is 1.60. The number of fused-ring (bicyclic) bond motifs is 1. The van der Waals surface area contributed by atoms with Gasteiger partial charge in [0, 0.05) is 0 Å². The van der Waals surface area contributed by atoms with E-state index in [1.54, 1.807) is 11.7 Å². The van der Waals surface area contributed by atoms with E-state index >= 15 is 0 Å². The molecule has 1 N–H and O–H groups in total. The zero-order valence-electron chi connectivity index (χ0n) is 4.07. The Balaban J connectivity index is 3.06. The number of aromatic amines is 1. The summed E-state index contributed by atoms with van der Waals surface area (Å²) in [6.45, 7) is 0. The van der Waals surface area contributed by atoms with E-state index in [1.165, 1.54) is 0 Å². The summed E-state index contributed by atoms with van der Waals surface area (Å²) in [6, 6.07) is 1.90. The predicted octanol–water partition coefficient (Wildman–Crippen LogP) is -0.605. The van der Waals surface area contributed by atoms with Crippen LogP contribution in [0.3, 0.4) is 0 Å². The number of nitrogens with one attached hydrogen (secondary N) is 1. The van der Waals surface area contributed by atoms with E-state index in [9.17, 15) is 0 Å². The summed E-state index contributed by atoms with van der Waals surface area (Å²) in [4.78, 5) is 0. The fraction of sp³-hybridized carbons (Fsp3) is 0. The summed E-state index contributed by atoms with van der Waals surface area (Å²) in [7, 11) is 1.69. The Labute approximate surface area is 45.7 Å². The van der Waals surface area contributed by atoms with E-state index in [2.05, 4.69) is 15.3 Å². The summed E-state index contributed by atoms with van der Waals surface area (Å²) in [5.41, 5.74) is 0.991. The Morgan fingerprint density at radius 2 is 2.75 bits per heavy atom. The Kier molecular flexibility index (Phi) is 0.565.